The minimum absolute atomic E-state index is 0.202. The van der Waals surface area contributed by atoms with Crippen LogP contribution in [0.2, 0.25) is 0 Å². The molecule has 0 aliphatic rings. The Balaban J connectivity index is 3.00. The average Bonchev–Trinajstić information content (AvgIpc) is 2.50. The molecule has 0 bridgehead atoms. The van der Waals surface area contributed by atoms with Crippen molar-refractivity contribution in [3.8, 4) is 0 Å². The molecule has 0 spiro atoms. The van der Waals surface area contributed by atoms with E-state index < -0.39 is 11.3 Å². The van der Waals surface area contributed by atoms with Crippen LogP contribution in [0.5, 0.6) is 0 Å². The molecule has 0 atom stereocenters. The molecule has 0 N–H and O–H groups in total. The molecule has 1 rings (SSSR count). The monoisotopic (exact) mass is 326 g/mol. The van der Waals surface area contributed by atoms with E-state index in [9.17, 15) is 19.2 Å². The maximum atomic E-state index is 10.5. The van der Waals surface area contributed by atoms with Gasteiger partial charge in [-0.25, -0.2) is 19.2 Å². The summed E-state index contributed by atoms with van der Waals surface area (Å²) in [5, 5.41) is 0. The molecule has 0 fully saturated rings. The van der Waals surface area contributed by atoms with E-state index in [1.807, 2.05) is 0 Å². The third kappa shape index (κ3) is 5.50. The predicted octanol–water partition coefficient (Wildman–Crippen LogP) is 1.55. The lowest BCUT2D eigenvalue weighted by atomic mass is 9.97. The maximum absolute atomic E-state index is 10.5. The summed E-state index contributed by atoms with van der Waals surface area (Å²) in [4.78, 5) is 55.9. The van der Waals surface area contributed by atoms with Crippen LogP contribution in [0.4, 0.5) is 0 Å². The van der Waals surface area contributed by atoms with Crippen LogP contribution in [0.15, 0.2) is 44.2 Å². The van der Waals surface area contributed by atoms with Gasteiger partial charge in [-0.1, -0.05) is 24.3 Å². The quantitative estimate of drug-likeness (QED) is 0.532. The molecule has 122 valence electrons. The zero-order valence-corrected chi connectivity index (χ0v) is 13.1. The second kappa shape index (κ2) is 8.39. The van der Waals surface area contributed by atoms with Crippen molar-refractivity contribution < 1.29 is 19.2 Å². The summed E-state index contributed by atoms with van der Waals surface area (Å²) in [5.41, 5.74) is -0.996. The molecule has 8 heteroatoms. The molecule has 1 aromatic carbocycles. The van der Waals surface area contributed by atoms with E-state index in [4.69, 9.17) is 0 Å². The Morgan fingerprint density at radius 3 is 1.12 bits per heavy atom. The van der Waals surface area contributed by atoms with Gasteiger partial charge in [0.25, 0.3) is 0 Å². The van der Waals surface area contributed by atoms with E-state index >= 15 is 0 Å². The lowest BCUT2D eigenvalue weighted by molar-refractivity contribution is 0.468. The summed E-state index contributed by atoms with van der Waals surface area (Å²) in [5.74, 6) is 0. The van der Waals surface area contributed by atoms with Crippen LogP contribution in [-0.2, 0) is 32.0 Å². The van der Waals surface area contributed by atoms with Crippen LogP contribution in [0, 0.1) is 0 Å². The number of benzene rings is 1. The topological polar surface area (TPSA) is 118 Å². The SMILES string of the molecule is CC(Cc1ccc(CC(C)(N=C=O)N=C=O)cc1)(N=C=O)N=C=O. The van der Waals surface area contributed by atoms with Crippen molar-refractivity contribution >= 4 is 24.3 Å². The Hall–Kier alpha value is -3.26. The Labute approximate surface area is 137 Å². The van der Waals surface area contributed by atoms with Gasteiger partial charge in [0.2, 0.25) is 24.3 Å². The van der Waals surface area contributed by atoms with E-state index in [-0.39, 0.29) is 12.8 Å². The highest BCUT2D eigenvalue weighted by atomic mass is 16.1. The van der Waals surface area contributed by atoms with Gasteiger partial charge in [0.1, 0.15) is 0 Å². The first kappa shape index (κ1) is 18.8. The largest absolute Gasteiger partial charge is 0.237 e. The van der Waals surface area contributed by atoms with E-state index in [0.29, 0.717) is 0 Å². The molecule has 0 unspecified atom stereocenters. The van der Waals surface area contributed by atoms with Crippen LogP contribution in [-0.4, -0.2) is 35.6 Å². The molecule has 0 radical (unpaired) electrons. The third-order valence-electron chi connectivity index (χ3n) is 3.25. The van der Waals surface area contributed by atoms with Crippen molar-refractivity contribution in [3.05, 3.63) is 35.4 Å². The lowest BCUT2D eigenvalue weighted by Gasteiger charge is -2.18. The fourth-order valence-corrected chi connectivity index (χ4v) is 2.15. The molecule has 1 aromatic rings. The molecule has 0 saturated carbocycles. The highest BCUT2D eigenvalue weighted by molar-refractivity contribution is 5.41. The molecule has 0 heterocycles. The summed E-state index contributed by atoms with van der Waals surface area (Å²) in [6.07, 6.45) is 5.96. The predicted molar refractivity (Wildman–Crippen MR) is 83.1 cm³/mol. The van der Waals surface area contributed by atoms with Crippen molar-refractivity contribution in [2.45, 2.75) is 38.0 Å². The second-order valence-corrected chi connectivity index (χ2v) is 5.42. The van der Waals surface area contributed by atoms with Crippen LogP contribution in [0.3, 0.4) is 0 Å². The van der Waals surface area contributed by atoms with E-state index in [1.54, 1.807) is 24.3 Å². The number of nitrogens with zero attached hydrogens (tertiary/aromatic N) is 4. The smallest absolute Gasteiger partial charge is 0.211 e. The highest BCUT2D eigenvalue weighted by Gasteiger charge is 2.25. The first-order valence-electron chi connectivity index (χ1n) is 6.84. The van der Waals surface area contributed by atoms with Gasteiger partial charge in [0, 0.05) is 12.8 Å². The van der Waals surface area contributed by atoms with Crippen molar-refractivity contribution in [2.24, 2.45) is 20.0 Å². The summed E-state index contributed by atoms with van der Waals surface area (Å²) >= 11 is 0. The maximum Gasteiger partial charge on any atom is 0.237 e. The van der Waals surface area contributed by atoms with E-state index in [0.717, 1.165) is 11.1 Å². The summed E-state index contributed by atoms with van der Waals surface area (Å²) in [6, 6.07) is 6.96. The fourth-order valence-electron chi connectivity index (χ4n) is 2.15. The minimum Gasteiger partial charge on any atom is -0.211 e. The van der Waals surface area contributed by atoms with Gasteiger partial charge in [-0.2, -0.15) is 20.0 Å². The molecule has 0 aliphatic carbocycles. The second-order valence-electron chi connectivity index (χ2n) is 5.42. The summed E-state index contributed by atoms with van der Waals surface area (Å²) in [6.45, 7) is 3.01. The lowest BCUT2D eigenvalue weighted by Crippen LogP contribution is -2.23. The van der Waals surface area contributed by atoms with Crippen LogP contribution >= 0.6 is 0 Å². The van der Waals surface area contributed by atoms with Crippen molar-refractivity contribution in [2.75, 3.05) is 0 Å². The van der Waals surface area contributed by atoms with Gasteiger partial charge in [-0.05, 0) is 25.0 Å². The molecular formula is C16H14N4O4. The van der Waals surface area contributed by atoms with Gasteiger partial charge >= 0.3 is 0 Å². The zero-order chi connectivity index (χ0) is 18.1. The fraction of sp³-hybridized carbons (Fsp3) is 0.375. The van der Waals surface area contributed by atoms with Crippen LogP contribution < -0.4 is 0 Å². The Morgan fingerprint density at radius 1 is 0.667 bits per heavy atom. The van der Waals surface area contributed by atoms with Gasteiger partial charge in [0.05, 0.1) is 0 Å². The van der Waals surface area contributed by atoms with Crippen molar-refractivity contribution in [1.82, 2.24) is 0 Å². The van der Waals surface area contributed by atoms with Crippen molar-refractivity contribution in [1.29, 1.82) is 0 Å². The van der Waals surface area contributed by atoms with Gasteiger partial charge in [-0.3, -0.25) is 0 Å². The first-order chi connectivity index (χ1) is 11.4. The standard InChI is InChI=1S/C16H14N4O4/c1-15(17-9-21,18-10-22)7-13-3-5-14(6-4-13)8-16(2,19-11-23)20-12-24/h3-6H,7-8H2,1-2H3. The first-order valence-corrected chi connectivity index (χ1v) is 6.84. The van der Waals surface area contributed by atoms with Gasteiger partial charge in [-0.15, -0.1) is 0 Å². The number of hydrogen-bond acceptors (Lipinski definition) is 8. The minimum atomic E-state index is -1.26. The highest BCUT2D eigenvalue weighted by Crippen LogP contribution is 2.22. The van der Waals surface area contributed by atoms with E-state index in [1.165, 1.54) is 38.2 Å². The number of carbonyl (C=O) groups excluding carboxylic acids is 4. The van der Waals surface area contributed by atoms with Crippen molar-refractivity contribution in [3.63, 3.8) is 0 Å². The summed E-state index contributed by atoms with van der Waals surface area (Å²) < 4.78 is 0. The zero-order valence-electron chi connectivity index (χ0n) is 13.1. The van der Waals surface area contributed by atoms with Gasteiger partial charge in [0.15, 0.2) is 11.3 Å². The number of isocyanates is 4. The molecule has 0 aromatic heterocycles. The molecule has 24 heavy (non-hydrogen) atoms. The average molecular weight is 326 g/mol. The number of aliphatic imine (C=N–C) groups is 4. The van der Waals surface area contributed by atoms with Crippen LogP contribution in [0.25, 0.3) is 0 Å². The molecule has 0 aliphatic heterocycles. The number of rotatable bonds is 8. The molecule has 0 amide bonds. The Morgan fingerprint density at radius 2 is 0.917 bits per heavy atom. The number of hydrogen-bond donors (Lipinski definition) is 0. The molecule has 0 saturated heterocycles. The van der Waals surface area contributed by atoms with Crippen LogP contribution in [0.1, 0.15) is 25.0 Å². The van der Waals surface area contributed by atoms with Gasteiger partial charge < -0.3 is 0 Å². The summed E-state index contributed by atoms with van der Waals surface area (Å²) in [7, 11) is 0. The Kier molecular flexibility index (Phi) is 6.57. The Bertz CT molecular complexity index is 674. The molecular weight excluding hydrogens is 312 g/mol. The van der Waals surface area contributed by atoms with E-state index in [2.05, 4.69) is 20.0 Å². The normalized spacial score (nSPS) is 14.4. The third-order valence-corrected chi connectivity index (χ3v) is 3.25. The molecule has 8 nitrogen and oxygen atoms in total.